The van der Waals surface area contributed by atoms with Crippen LogP contribution in [0.4, 0.5) is 0 Å². The lowest BCUT2D eigenvalue weighted by Crippen LogP contribution is -2.15. The van der Waals surface area contributed by atoms with Gasteiger partial charge in [0.2, 0.25) is 0 Å². The van der Waals surface area contributed by atoms with Crippen LogP contribution in [0, 0.1) is 0 Å². The first-order chi connectivity index (χ1) is 7.27. The molecule has 1 aromatic heterocycles. The second kappa shape index (κ2) is 4.44. The molecule has 0 unspecified atom stereocenters. The Hall–Kier alpha value is -1.36. The maximum Gasteiger partial charge on any atom is 0.309 e. The van der Waals surface area contributed by atoms with E-state index in [0.29, 0.717) is 5.92 Å². The molecule has 0 aliphatic carbocycles. The highest BCUT2D eigenvalue weighted by atomic mass is 16.5. The van der Waals surface area contributed by atoms with Crippen molar-refractivity contribution in [2.45, 2.75) is 25.2 Å². The van der Waals surface area contributed by atoms with Gasteiger partial charge in [0, 0.05) is 18.9 Å². The molecule has 0 saturated carbocycles. The Morgan fingerprint density at radius 2 is 2.33 bits per heavy atom. The molecule has 82 valence electrons. The monoisotopic (exact) mass is 210 g/mol. The van der Waals surface area contributed by atoms with Gasteiger partial charge in [0.15, 0.2) is 0 Å². The van der Waals surface area contributed by atoms with E-state index < -0.39 is 5.97 Å². The van der Waals surface area contributed by atoms with Gasteiger partial charge < -0.3 is 9.84 Å². The molecule has 0 spiro atoms. The molecule has 0 aromatic carbocycles. The number of nitrogens with zero attached hydrogens (tertiary/aromatic N) is 1. The van der Waals surface area contributed by atoms with E-state index in [0.717, 1.165) is 37.3 Å². The molecule has 5 nitrogen and oxygen atoms in total. The van der Waals surface area contributed by atoms with Crippen LogP contribution in [-0.2, 0) is 16.0 Å². The summed E-state index contributed by atoms with van der Waals surface area (Å²) in [6, 6.07) is 0. The summed E-state index contributed by atoms with van der Waals surface area (Å²) in [7, 11) is 0. The average molecular weight is 210 g/mol. The van der Waals surface area contributed by atoms with Crippen LogP contribution in [0.3, 0.4) is 0 Å². The van der Waals surface area contributed by atoms with Crippen LogP contribution < -0.4 is 0 Å². The molecular weight excluding hydrogens is 196 g/mol. The Labute approximate surface area is 87.4 Å². The number of aromatic amines is 1. The highest BCUT2D eigenvalue weighted by Gasteiger charge is 2.21. The van der Waals surface area contributed by atoms with Crippen LogP contribution in [-0.4, -0.2) is 34.5 Å². The number of nitrogens with one attached hydrogen (secondary N) is 1. The number of carboxylic acid groups (broad SMARTS) is 1. The fourth-order valence-corrected chi connectivity index (χ4v) is 1.98. The summed E-state index contributed by atoms with van der Waals surface area (Å²) in [6.07, 6.45) is 3.67. The van der Waals surface area contributed by atoms with Gasteiger partial charge in [-0.05, 0) is 24.3 Å². The number of rotatable bonds is 3. The lowest BCUT2D eigenvalue weighted by Gasteiger charge is -2.21. The zero-order chi connectivity index (χ0) is 10.7. The van der Waals surface area contributed by atoms with Crippen molar-refractivity contribution in [3.8, 4) is 0 Å². The van der Waals surface area contributed by atoms with Gasteiger partial charge in [0.25, 0.3) is 0 Å². The maximum atomic E-state index is 10.6. The molecule has 1 aromatic rings. The summed E-state index contributed by atoms with van der Waals surface area (Å²) in [5, 5.41) is 15.4. The minimum absolute atomic E-state index is 0.0205. The van der Waals surface area contributed by atoms with Crippen LogP contribution in [0.1, 0.15) is 30.0 Å². The predicted octanol–water partition coefficient (Wildman–Crippen LogP) is 0.931. The van der Waals surface area contributed by atoms with E-state index in [9.17, 15) is 4.79 Å². The third-order valence-corrected chi connectivity index (χ3v) is 2.74. The molecule has 0 amide bonds. The number of carboxylic acids is 1. The van der Waals surface area contributed by atoms with Crippen molar-refractivity contribution in [3.63, 3.8) is 0 Å². The van der Waals surface area contributed by atoms with Crippen molar-refractivity contribution >= 4 is 5.97 Å². The van der Waals surface area contributed by atoms with Crippen LogP contribution in [0.2, 0.25) is 0 Å². The Morgan fingerprint density at radius 3 is 3.00 bits per heavy atom. The first-order valence-electron chi connectivity index (χ1n) is 5.09. The fraction of sp³-hybridized carbons (Fsp3) is 0.600. The van der Waals surface area contributed by atoms with E-state index in [1.807, 2.05) is 0 Å². The number of H-pyrrole nitrogens is 1. The highest BCUT2D eigenvalue weighted by molar-refractivity contribution is 5.70. The van der Waals surface area contributed by atoms with Gasteiger partial charge in [-0.25, -0.2) is 0 Å². The van der Waals surface area contributed by atoms with Crippen molar-refractivity contribution in [1.29, 1.82) is 0 Å². The highest BCUT2D eigenvalue weighted by Crippen LogP contribution is 2.28. The number of aliphatic carboxylic acids is 1. The lowest BCUT2D eigenvalue weighted by molar-refractivity contribution is -0.136. The molecule has 2 N–H and O–H groups in total. The predicted molar refractivity (Wildman–Crippen MR) is 52.7 cm³/mol. The molecule has 1 saturated heterocycles. The van der Waals surface area contributed by atoms with Crippen LogP contribution in [0.15, 0.2) is 6.20 Å². The molecule has 2 rings (SSSR count). The van der Waals surface area contributed by atoms with Gasteiger partial charge in [0.05, 0.1) is 12.6 Å². The molecule has 2 heterocycles. The largest absolute Gasteiger partial charge is 0.481 e. The SMILES string of the molecule is O=C(O)Cc1[nH]ncc1C1CCOCC1. The number of carbonyl (C=O) groups is 1. The van der Waals surface area contributed by atoms with Gasteiger partial charge >= 0.3 is 5.97 Å². The van der Waals surface area contributed by atoms with E-state index in [1.54, 1.807) is 6.20 Å². The summed E-state index contributed by atoms with van der Waals surface area (Å²) in [6.45, 7) is 1.50. The van der Waals surface area contributed by atoms with Crippen molar-refractivity contribution in [1.82, 2.24) is 10.2 Å². The Morgan fingerprint density at radius 1 is 1.60 bits per heavy atom. The molecule has 15 heavy (non-hydrogen) atoms. The van der Waals surface area contributed by atoms with Gasteiger partial charge in [-0.3, -0.25) is 9.89 Å². The normalized spacial score (nSPS) is 17.9. The quantitative estimate of drug-likeness (QED) is 0.778. The van der Waals surface area contributed by atoms with E-state index in [1.165, 1.54) is 0 Å². The molecule has 1 aliphatic heterocycles. The second-order valence-corrected chi connectivity index (χ2v) is 3.76. The maximum absolute atomic E-state index is 10.6. The number of ether oxygens (including phenoxy) is 1. The smallest absolute Gasteiger partial charge is 0.309 e. The summed E-state index contributed by atoms with van der Waals surface area (Å²) >= 11 is 0. The first-order valence-corrected chi connectivity index (χ1v) is 5.09. The second-order valence-electron chi connectivity index (χ2n) is 3.76. The van der Waals surface area contributed by atoms with Crippen molar-refractivity contribution in [3.05, 3.63) is 17.5 Å². The van der Waals surface area contributed by atoms with E-state index in [-0.39, 0.29) is 6.42 Å². The average Bonchev–Trinajstić information content (AvgIpc) is 2.66. The molecule has 0 atom stereocenters. The lowest BCUT2D eigenvalue weighted by atomic mass is 9.91. The third-order valence-electron chi connectivity index (χ3n) is 2.74. The fourth-order valence-electron chi connectivity index (χ4n) is 1.98. The van der Waals surface area contributed by atoms with E-state index in [4.69, 9.17) is 9.84 Å². The zero-order valence-electron chi connectivity index (χ0n) is 8.40. The summed E-state index contributed by atoms with van der Waals surface area (Å²) in [5.74, 6) is -0.431. The minimum Gasteiger partial charge on any atom is -0.481 e. The summed E-state index contributed by atoms with van der Waals surface area (Å²) < 4.78 is 5.27. The van der Waals surface area contributed by atoms with Crippen molar-refractivity contribution in [2.24, 2.45) is 0 Å². The molecular formula is C10H14N2O3. The minimum atomic E-state index is -0.826. The molecule has 0 radical (unpaired) electrons. The van der Waals surface area contributed by atoms with Crippen molar-refractivity contribution in [2.75, 3.05) is 13.2 Å². The molecule has 5 heteroatoms. The Kier molecular flexibility index (Phi) is 3.01. The third kappa shape index (κ3) is 2.36. The molecule has 1 fully saturated rings. The van der Waals surface area contributed by atoms with Gasteiger partial charge in [-0.15, -0.1) is 0 Å². The number of hydrogen-bond donors (Lipinski definition) is 2. The van der Waals surface area contributed by atoms with Gasteiger partial charge in [-0.1, -0.05) is 0 Å². The zero-order valence-corrected chi connectivity index (χ0v) is 8.40. The van der Waals surface area contributed by atoms with E-state index >= 15 is 0 Å². The van der Waals surface area contributed by atoms with Gasteiger partial charge in [-0.2, -0.15) is 5.10 Å². The van der Waals surface area contributed by atoms with Gasteiger partial charge in [0.1, 0.15) is 0 Å². The van der Waals surface area contributed by atoms with Crippen LogP contribution >= 0.6 is 0 Å². The van der Waals surface area contributed by atoms with Crippen LogP contribution in [0.25, 0.3) is 0 Å². The summed E-state index contributed by atoms with van der Waals surface area (Å²) in [5.41, 5.74) is 1.77. The van der Waals surface area contributed by atoms with Crippen LogP contribution in [0.5, 0.6) is 0 Å². The Bertz CT molecular complexity index is 342. The molecule has 0 bridgehead atoms. The van der Waals surface area contributed by atoms with E-state index in [2.05, 4.69) is 10.2 Å². The molecule has 1 aliphatic rings. The van der Waals surface area contributed by atoms with Crippen molar-refractivity contribution < 1.29 is 14.6 Å². The standard InChI is InChI=1S/C10H14N2O3/c13-10(14)5-9-8(6-11-12-9)7-1-3-15-4-2-7/h6-7H,1-5H2,(H,11,12)(H,13,14). The Balaban J connectivity index is 2.12. The summed E-state index contributed by atoms with van der Waals surface area (Å²) in [4.78, 5) is 10.6. The number of aromatic nitrogens is 2. The first kappa shape index (κ1) is 10.2. The number of hydrogen-bond acceptors (Lipinski definition) is 3. The topological polar surface area (TPSA) is 75.2 Å².